The highest BCUT2D eigenvalue weighted by Gasteiger charge is 2.11. The second kappa shape index (κ2) is 6.27. The van der Waals surface area contributed by atoms with Gasteiger partial charge < -0.3 is 4.79 Å². The molecule has 12 heavy (non-hydrogen) atoms. The molecule has 0 aromatic carbocycles. The lowest BCUT2D eigenvalue weighted by atomic mass is 9.54. The highest BCUT2D eigenvalue weighted by molar-refractivity contribution is 6.39. The first-order valence-corrected chi connectivity index (χ1v) is 4.90. The third-order valence-corrected chi connectivity index (χ3v) is 2.01. The summed E-state index contributed by atoms with van der Waals surface area (Å²) in [6, 6.07) is 0. The van der Waals surface area contributed by atoms with Crippen molar-refractivity contribution >= 4 is 13.1 Å². The Labute approximate surface area is 77.2 Å². The van der Waals surface area contributed by atoms with Crippen LogP contribution in [0.3, 0.4) is 0 Å². The minimum atomic E-state index is 0.294. The summed E-state index contributed by atoms with van der Waals surface area (Å²) in [7, 11) is 2.30. The van der Waals surface area contributed by atoms with E-state index in [9.17, 15) is 4.79 Å². The van der Waals surface area contributed by atoms with Gasteiger partial charge in [-0.15, -0.1) is 0 Å². The van der Waals surface area contributed by atoms with Crippen molar-refractivity contribution in [3.8, 4) is 0 Å². The molecule has 0 N–H and O–H groups in total. The van der Waals surface area contributed by atoms with Gasteiger partial charge in [0.25, 0.3) is 0 Å². The molecule has 0 spiro atoms. The average molecular weight is 167 g/mol. The van der Waals surface area contributed by atoms with E-state index in [4.69, 9.17) is 0 Å². The van der Waals surface area contributed by atoms with Crippen LogP contribution < -0.4 is 0 Å². The summed E-state index contributed by atoms with van der Waals surface area (Å²) in [5.41, 5.74) is 0. The van der Waals surface area contributed by atoms with E-state index >= 15 is 0 Å². The number of hydrogen-bond acceptors (Lipinski definition) is 1. The maximum atomic E-state index is 10.8. The average Bonchev–Trinajstić information content (AvgIpc) is 1.84. The predicted molar refractivity (Wildman–Crippen MR) is 54.8 cm³/mol. The molecule has 1 nitrogen and oxygen atoms in total. The van der Waals surface area contributed by atoms with Gasteiger partial charge in [0.1, 0.15) is 13.1 Å². The zero-order chi connectivity index (χ0) is 9.56. The summed E-state index contributed by atoms with van der Waals surface area (Å²) in [5, 5.41) is 0. The van der Waals surface area contributed by atoms with E-state index in [2.05, 4.69) is 28.1 Å². The molecule has 0 bridgehead atoms. The third-order valence-electron chi connectivity index (χ3n) is 2.01. The zero-order valence-corrected chi connectivity index (χ0v) is 8.76. The molecule has 2 heteroatoms. The van der Waals surface area contributed by atoms with E-state index in [0.29, 0.717) is 23.8 Å². The largest absolute Gasteiger partial charge is 0.300 e. The van der Waals surface area contributed by atoms with E-state index < -0.39 is 0 Å². The third kappa shape index (κ3) is 6.45. The number of carbonyl (C=O) groups excluding carboxylic acids is 1. The lowest BCUT2D eigenvalue weighted by molar-refractivity contribution is -0.117. The summed E-state index contributed by atoms with van der Waals surface area (Å²) >= 11 is 0. The Hall–Kier alpha value is -0.265. The Morgan fingerprint density at radius 2 is 1.92 bits per heavy atom. The standard InChI is InChI=1S/C10H20BO/c1-5-6-8(2)11-9(3)7-10(4)12/h8-9H,5-7H2,1-4H3. The molecule has 0 rings (SSSR count). The van der Waals surface area contributed by atoms with E-state index in [1.807, 2.05) is 0 Å². The Morgan fingerprint density at radius 1 is 1.33 bits per heavy atom. The van der Waals surface area contributed by atoms with Crippen LogP contribution in [0.4, 0.5) is 0 Å². The van der Waals surface area contributed by atoms with Crippen LogP contribution in [0, 0.1) is 0 Å². The van der Waals surface area contributed by atoms with Crippen molar-refractivity contribution < 1.29 is 4.79 Å². The molecule has 0 aromatic heterocycles. The molecule has 0 saturated heterocycles. The van der Waals surface area contributed by atoms with E-state index in [0.717, 1.165) is 0 Å². The van der Waals surface area contributed by atoms with Crippen LogP contribution in [0.25, 0.3) is 0 Å². The molecular formula is C10H20BO. The summed E-state index contributed by atoms with van der Waals surface area (Å²) in [5.74, 6) is 1.40. The summed E-state index contributed by atoms with van der Waals surface area (Å²) in [4.78, 5) is 10.8. The molecule has 0 aliphatic carbocycles. The van der Waals surface area contributed by atoms with Gasteiger partial charge in [-0.1, -0.05) is 45.2 Å². The highest BCUT2D eigenvalue weighted by atomic mass is 16.1. The van der Waals surface area contributed by atoms with Gasteiger partial charge in [-0.3, -0.25) is 0 Å². The summed E-state index contributed by atoms with van der Waals surface area (Å²) in [6.45, 7) is 8.20. The van der Waals surface area contributed by atoms with Gasteiger partial charge in [0, 0.05) is 6.42 Å². The van der Waals surface area contributed by atoms with Crippen LogP contribution in [0.2, 0.25) is 11.6 Å². The van der Waals surface area contributed by atoms with Crippen LogP contribution in [0.5, 0.6) is 0 Å². The van der Waals surface area contributed by atoms with E-state index in [-0.39, 0.29) is 0 Å². The van der Waals surface area contributed by atoms with Crippen molar-refractivity contribution in [2.75, 3.05) is 0 Å². The van der Waals surface area contributed by atoms with Gasteiger partial charge >= 0.3 is 0 Å². The normalized spacial score (nSPS) is 15.3. The molecule has 0 aromatic rings. The minimum Gasteiger partial charge on any atom is -0.300 e. The Kier molecular flexibility index (Phi) is 6.13. The molecule has 0 aliphatic heterocycles. The first-order chi connectivity index (χ1) is 5.56. The summed E-state index contributed by atoms with van der Waals surface area (Å²) < 4.78 is 0. The van der Waals surface area contributed by atoms with Crippen LogP contribution in [0.1, 0.15) is 47.0 Å². The minimum absolute atomic E-state index is 0.294. The van der Waals surface area contributed by atoms with Crippen molar-refractivity contribution in [1.82, 2.24) is 0 Å². The van der Waals surface area contributed by atoms with E-state index in [1.165, 1.54) is 12.8 Å². The Morgan fingerprint density at radius 3 is 2.33 bits per heavy atom. The van der Waals surface area contributed by atoms with Crippen molar-refractivity contribution in [2.45, 2.75) is 58.6 Å². The van der Waals surface area contributed by atoms with Crippen molar-refractivity contribution in [3.63, 3.8) is 0 Å². The fourth-order valence-corrected chi connectivity index (χ4v) is 1.63. The molecule has 0 aliphatic rings. The molecule has 0 saturated carbocycles. The molecule has 0 fully saturated rings. The molecular weight excluding hydrogens is 147 g/mol. The van der Waals surface area contributed by atoms with Gasteiger partial charge in [0.2, 0.25) is 0 Å². The number of carbonyl (C=O) groups is 1. The topological polar surface area (TPSA) is 17.1 Å². The molecule has 1 radical (unpaired) electrons. The SMILES string of the molecule is CCCC(C)[B]C(C)CC(C)=O. The maximum absolute atomic E-state index is 10.8. The monoisotopic (exact) mass is 167 g/mol. The molecule has 0 amide bonds. The van der Waals surface area contributed by atoms with Crippen LogP contribution in [0.15, 0.2) is 0 Å². The zero-order valence-electron chi connectivity index (χ0n) is 8.76. The highest BCUT2D eigenvalue weighted by Crippen LogP contribution is 2.19. The van der Waals surface area contributed by atoms with Gasteiger partial charge in [-0.25, -0.2) is 0 Å². The van der Waals surface area contributed by atoms with Gasteiger partial charge in [0.05, 0.1) is 0 Å². The summed E-state index contributed by atoms with van der Waals surface area (Å²) in [6.07, 6.45) is 3.17. The van der Waals surface area contributed by atoms with Crippen molar-refractivity contribution in [3.05, 3.63) is 0 Å². The maximum Gasteiger partial charge on any atom is 0.129 e. The number of rotatable bonds is 6. The van der Waals surface area contributed by atoms with Crippen LogP contribution >= 0.6 is 0 Å². The van der Waals surface area contributed by atoms with Crippen molar-refractivity contribution in [2.24, 2.45) is 0 Å². The van der Waals surface area contributed by atoms with Gasteiger partial charge in [-0.2, -0.15) is 0 Å². The number of Topliss-reactive ketones (excluding diaryl/α,β-unsaturated/α-hetero) is 1. The van der Waals surface area contributed by atoms with Crippen LogP contribution in [-0.4, -0.2) is 13.1 Å². The van der Waals surface area contributed by atoms with Crippen molar-refractivity contribution in [1.29, 1.82) is 0 Å². The van der Waals surface area contributed by atoms with Crippen LogP contribution in [-0.2, 0) is 4.79 Å². The Balaban J connectivity index is 3.53. The van der Waals surface area contributed by atoms with Gasteiger partial charge in [-0.05, 0) is 6.92 Å². The molecule has 0 heterocycles. The van der Waals surface area contributed by atoms with E-state index in [1.54, 1.807) is 6.92 Å². The molecule has 2 atom stereocenters. The second-order valence-electron chi connectivity index (χ2n) is 3.84. The molecule has 69 valence electrons. The lowest BCUT2D eigenvalue weighted by Gasteiger charge is -2.13. The smallest absolute Gasteiger partial charge is 0.129 e. The molecule has 2 unspecified atom stereocenters. The fourth-order valence-electron chi connectivity index (χ4n) is 1.63. The lowest BCUT2D eigenvalue weighted by Crippen LogP contribution is -2.09. The first-order valence-electron chi connectivity index (χ1n) is 4.90. The van der Waals surface area contributed by atoms with Gasteiger partial charge in [0.15, 0.2) is 0 Å². The fraction of sp³-hybridized carbons (Fsp3) is 0.900. The number of ketones is 1. The first kappa shape index (κ1) is 11.7. The predicted octanol–water partition coefficient (Wildman–Crippen LogP) is 3.09. The number of hydrogen-bond donors (Lipinski definition) is 0. The Bertz CT molecular complexity index is 134. The second-order valence-corrected chi connectivity index (χ2v) is 3.84. The quantitative estimate of drug-likeness (QED) is 0.555.